The van der Waals surface area contributed by atoms with Gasteiger partial charge in [0, 0.05) is 29.8 Å². The maximum absolute atomic E-state index is 13.4. The standard InChI is InChI=1S/C23H21BrN4O6S2/c1-10-15(14-8-26-21(36-14)19(35-3)25-23(26)24)18(27-17(10)16(11(2)29)20(27)30)22(31)34-9-12-4-6-13(7-5-12)28(32)33/h4-8,10-11,16-17,29H,9H2,1-3H3/t10-,11+,16+,17+/m0/s1. The third-order valence-corrected chi connectivity index (χ3v) is 9.08. The van der Waals surface area contributed by atoms with Crippen molar-refractivity contribution in [1.29, 1.82) is 0 Å². The van der Waals surface area contributed by atoms with Crippen LogP contribution >= 0.6 is 39.0 Å². The molecule has 5 rings (SSSR count). The van der Waals surface area contributed by atoms with E-state index in [0.29, 0.717) is 15.9 Å². The fourth-order valence-corrected chi connectivity index (χ4v) is 7.54. The van der Waals surface area contributed by atoms with E-state index in [0.717, 1.165) is 14.7 Å². The number of rotatable bonds is 7. The zero-order valence-electron chi connectivity index (χ0n) is 19.4. The largest absolute Gasteiger partial charge is 0.456 e. The van der Waals surface area contributed by atoms with E-state index in [4.69, 9.17) is 4.74 Å². The van der Waals surface area contributed by atoms with E-state index in [1.165, 1.54) is 52.3 Å². The van der Waals surface area contributed by atoms with Gasteiger partial charge in [-0.15, -0.1) is 23.1 Å². The number of non-ortho nitro benzene ring substituents is 1. The van der Waals surface area contributed by atoms with Crippen molar-refractivity contribution in [3.05, 3.63) is 61.4 Å². The van der Waals surface area contributed by atoms with Gasteiger partial charge in [0.25, 0.3) is 5.69 Å². The molecule has 2 aliphatic heterocycles. The predicted molar refractivity (Wildman–Crippen MR) is 137 cm³/mol. The number of fused-ring (bicyclic) bond motifs is 2. The number of aromatic nitrogens is 2. The van der Waals surface area contributed by atoms with E-state index in [1.54, 1.807) is 6.92 Å². The van der Waals surface area contributed by atoms with Crippen LogP contribution in [0.4, 0.5) is 5.69 Å². The summed E-state index contributed by atoms with van der Waals surface area (Å²) in [6, 6.07) is 5.39. The number of imidazole rings is 1. The van der Waals surface area contributed by atoms with Gasteiger partial charge >= 0.3 is 5.97 Å². The summed E-state index contributed by atoms with van der Waals surface area (Å²) in [5.74, 6) is -1.78. The molecular weight excluding hydrogens is 572 g/mol. The number of esters is 1. The first-order valence-corrected chi connectivity index (χ1v) is 13.8. The minimum Gasteiger partial charge on any atom is -0.456 e. The van der Waals surface area contributed by atoms with E-state index < -0.39 is 22.9 Å². The van der Waals surface area contributed by atoms with Crippen molar-refractivity contribution in [3.8, 4) is 0 Å². The van der Waals surface area contributed by atoms with Gasteiger partial charge in [-0.05, 0) is 46.8 Å². The molecule has 0 saturated carbocycles. The number of hydrogen-bond acceptors (Lipinski definition) is 9. The fraction of sp³-hybridized carbons (Fsp3) is 0.348. The number of aliphatic hydroxyl groups is 1. The Bertz CT molecular complexity index is 1430. The summed E-state index contributed by atoms with van der Waals surface area (Å²) in [5, 5.41) is 22.0. The van der Waals surface area contributed by atoms with Crippen LogP contribution in [0.15, 0.2) is 45.9 Å². The Morgan fingerprint density at radius 3 is 2.69 bits per heavy atom. The van der Waals surface area contributed by atoms with Crippen molar-refractivity contribution >= 4 is 67.0 Å². The van der Waals surface area contributed by atoms with Crippen molar-refractivity contribution in [1.82, 2.24) is 14.3 Å². The Kier molecular flexibility index (Phi) is 6.43. The number of nitrogens with zero attached hydrogens (tertiary/aromatic N) is 4. The van der Waals surface area contributed by atoms with E-state index in [2.05, 4.69) is 20.9 Å². The van der Waals surface area contributed by atoms with E-state index in [-0.39, 0.29) is 35.9 Å². The van der Waals surface area contributed by atoms with Crippen molar-refractivity contribution in [2.45, 2.75) is 37.6 Å². The number of nitro groups is 1. The van der Waals surface area contributed by atoms with Crippen LogP contribution < -0.4 is 0 Å². The van der Waals surface area contributed by atoms with Crippen LogP contribution in [-0.4, -0.2) is 54.6 Å². The second kappa shape index (κ2) is 9.29. The van der Waals surface area contributed by atoms with Crippen LogP contribution in [0.5, 0.6) is 0 Å². The molecule has 188 valence electrons. The van der Waals surface area contributed by atoms with E-state index in [9.17, 15) is 24.8 Å². The van der Waals surface area contributed by atoms with Crippen molar-refractivity contribution < 1.29 is 24.4 Å². The molecule has 4 atom stereocenters. The molecule has 1 saturated heterocycles. The molecule has 1 amide bonds. The first kappa shape index (κ1) is 24.9. The van der Waals surface area contributed by atoms with Crippen LogP contribution in [0.3, 0.4) is 0 Å². The minimum atomic E-state index is -0.849. The number of carbonyl (C=O) groups is 2. The average molecular weight is 593 g/mol. The van der Waals surface area contributed by atoms with Gasteiger partial charge in [0.2, 0.25) is 5.91 Å². The Balaban J connectivity index is 1.52. The summed E-state index contributed by atoms with van der Waals surface area (Å²) in [5.41, 5.74) is 1.39. The zero-order chi connectivity index (χ0) is 25.9. The second-order valence-electron chi connectivity index (χ2n) is 8.68. The number of halogens is 1. The number of ether oxygens (including phenoxy) is 1. The Hall–Kier alpha value is -2.74. The Morgan fingerprint density at radius 2 is 2.08 bits per heavy atom. The molecule has 0 radical (unpaired) electrons. The van der Waals surface area contributed by atoms with Crippen molar-refractivity contribution in [3.63, 3.8) is 0 Å². The van der Waals surface area contributed by atoms with Crippen LogP contribution in [0, 0.1) is 22.0 Å². The number of aliphatic hydroxyl groups excluding tert-OH is 1. The van der Waals surface area contributed by atoms with Gasteiger partial charge in [0.05, 0.1) is 27.9 Å². The molecular formula is C23H21BrN4O6S2. The SMILES string of the molecule is CSc1nc(Br)n2cc(C3=C(C(=O)OCc4ccc([N+](=O)[O-])cc4)N4C(=O)[C@H]([C@@H](C)O)[C@H]4[C@H]3C)sc12. The second-order valence-corrected chi connectivity index (χ2v) is 11.2. The Labute approximate surface area is 222 Å². The Morgan fingerprint density at radius 1 is 1.39 bits per heavy atom. The number of thioether (sulfide) groups is 1. The lowest BCUT2D eigenvalue weighted by atomic mass is 9.77. The smallest absolute Gasteiger partial charge is 0.355 e. The number of carbonyl (C=O) groups excluding carboxylic acids is 2. The molecule has 3 aromatic rings. The lowest BCUT2D eigenvalue weighted by Gasteiger charge is -2.46. The number of β-lactam (4-membered cyclic amide) rings is 1. The maximum atomic E-state index is 13.4. The lowest BCUT2D eigenvalue weighted by Crippen LogP contribution is -2.63. The normalized spacial score (nSPS) is 22.1. The van der Waals surface area contributed by atoms with Gasteiger partial charge in [0.15, 0.2) is 4.73 Å². The molecule has 0 aliphatic carbocycles. The van der Waals surface area contributed by atoms with Crippen LogP contribution in [0.2, 0.25) is 0 Å². The number of thiazole rings is 1. The highest BCUT2D eigenvalue weighted by Crippen LogP contribution is 2.52. The van der Waals surface area contributed by atoms with Crippen molar-refractivity contribution in [2.75, 3.05) is 6.26 Å². The molecule has 13 heteroatoms. The molecule has 10 nitrogen and oxygen atoms in total. The quantitative estimate of drug-likeness (QED) is 0.143. The van der Waals surface area contributed by atoms with Crippen LogP contribution in [-0.2, 0) is 20.9 Å². The summed E-state index contributed by atoms with van der Waals surface area (Å²) in [4.78, 5) is 44.5. The van der Waals surface area contributed by atoms with Gasteiger partial charge in [-0.1, -0.05) is 6.92 Å². The third kappa shape index (κ3) is 3.85. The van der Waals surface area contributed by atoms with Gasteiger partial charge < -0.3 is 14.7 Å². The number of hydrogen-bond donors (Lipinski definition) is 1. The molecule has 2 aliphatic rings. The summed E-state index contributed by atoms with van der Waals surface area (Å²) >= 11 is 6.46. The molecule has 0 bridgehead atoms. The topological polar surface area (TPSA) is 127 Å². The molecule has 1 fully saturated rings. The lowest BCUT2D eigenvalue weighted by molar-refractivity contribution is -0.384. The van der Waals surface area contributed by atoms with E-state index in [1.807, 2.05) is 23.8 Å². The number of amides is 1. The van der Waals surface area contributed by atoms with Gasteiger partial charge in [-0.3, -0.25) is 19.3 Å². The van der Waals surface area contributed by atoms with Crippen molar-refractivity contribution in [2.24, 2.45) is 11.8 Å². The highest BCUT2D eigenvalue weighted by atomic mass is 79.9. The molecule has 1 aromatic carbocycles. The molecule has 0 spiro atoms. The van der Waals surface area contributed by atoms with E-state index >= 15 is 0 Å². The van der Waals surface area contributed by atoms with Crippen LogP contribution in [0.25, 0.3) is 10.4 Å². The summed E-state index contributed by atoms with van der Waals surface area (Å²) in [6.07, 6.45) is 2.98. The summed E-state index contributed by atoms with van der Waals surface area (Å²) in [7, 11) is 0. The molecule has 2 aromatic heterocycles. The number of benzene rings is 1. The monoisotopic (exact) mass is 592 g/mol. The molecule has 0 unspecified atom stereocenters. The molecule has 4 heterocycles. The minimum absolute atomic E-state index is 0.0581. The number of nitro benzene ring substituents is 1. The van der Waals surface area contributed by atoms with Gasteiger partial charge in [-0.25, -0.2) is 9.78 Å². The fourth-order valence-electron chi connectivity index (χ4n) is 4.90. The highest BCUT2D eigenvalue weighted by Gasteiger charge is 2.60. The highest BCUT2D eigenvalue weighted by molar-refractivity contribution is 9.10. The summed E-state index contributed by atoms with van der Waals surface area (Å²) in [6.45, 7) is 3.43. The first-order chi connectivity index (χ1) is 17.1. The average Bonchev–Trinajstić information content (AvgIpc) is 3.47. The van der Waals surface area contributed by atoms with Gasteiger partial charge in [0.1, 0.15) is 22.2 Å². The van der Waals surface area contributed by atoms with Gasteiger partial charge in [-0.2, -0.15) is 0 Å². The molecule has 1 N–H and O–H groups in total. The zero-order valence-corrected chi connectivity index (χ0v) is 22.6. The molecule has 36 heavy (non-hydrogen) atoms. The maximum Gasteiger partial charge on any atom is 0.355 e. The first-order valence-electron chi connectivity index (χ1n) is 11.0. The van der Waals surface area contributed by atoms with Crippen LogP contribution in [0.1, 0.15) is 24.3 Å². The predicted octanol–water partition coefficient (Wildman–Crippen LogP) is 4.10. The third-order valence-electron chi connectivity index (χ3n) is 6.59. The summed E-state index contributed by atoms with van der Waals surface area (Å²) < 4.78 is 8.12.